The van der Waals surface area contributed by atoms with Crippen molar-refractivity contribution in [2.24, 2.45) is 11.7 Å². The van der Waals surface area contributed by atoms with Crippen molar-refractivity contribution in [1.82, 2.24) is 4.31 Å². The van der Waals surface area contributed by atoms with Gasteiger partial charge in [0.2, 0.25) is 10.0 Å². The number of hydrogen-bond acceptors (Lipinski definition) is 4. The average molecular weight is 342 g/mol. The third-order valence-corrected chi connectivity index (χ3v) is 6.78. The maximum absolute atomic E-state index is 12.8. The van der Waals surface area contributed by atoms with Gasteiger partial charge in [0.1, 0.15) is 0 Å². The molecule has 9 heteroatoms. The number of hydrogen-bond donors (Lipinski definition) is 1. The molecule has 1 saturated heterocycles. The molecular weight excluding hydrogens is 325 g/mol. The summed E-state index contributed by atoms with van der Waals surface area (Å²) in [5, 5.41) is 0. The van der Waals surface area contributed by atoms with Gasteiger partial charge < -0.3 is 5.73 Å². The van der Waals surface area contributed by atoms with E-state index in [0.29, 0.717) is 9.75 Å². The molecule has 1 unspecified atom stereocenters. The van der Waals surface area contributed by atoms with Crippen LogP contribution in [0.4, 0.5) is 13.2 Å². The molecule has 0 spiro atoms. The molecule has 1 aliphatic heterocycles. The predicted molar refractivity (Wildman–Crippen MR) is 74.5 cm³/mol. The van der Waals surface area contributed by atoms with Crippen molar-refractivity contribution in [2.75, 3.05) is 13.1 Å². The minimum atomic E-state index is -4.36. The minimum absolute atomic E-state index is 0.0216. The molecule has 1 aromatic heterocycles. The Morgan fingerprint density at radius 2 is 2.14 bits per heavy atom. The Labute approximate surface area is 125 Å². The summed E-state index contributed by atoms with van der Waals surface area (Å²) >= 11 is 1.26. The van der Waals surface area contributed by atoms with Gasteiger partial charge in [-0.1, -0.05) is 0 Å². The van der Waals surface area contributed by atoms with Gasteiger partial charge in [0.15, 0.2) is 0 Å². The number of alkyl halides is 3. The summed E-state index contributed by atoms with van der Waals surface area (Å²) in [7, 11) is -3.89. The molecule has 0 aromatic carbocycles. The largest absolute Gasteiger partial charge is 0.393 e. The fourth-order valence-corrected chi connectivity index (χ4v) is 5.45. The second-order valence-electron chi connectivity index (χ2n) is 5.08. The van der Waals surface area contributed by atoms with Crippen LogP contribution in [0.15, 0.2) is 11.0 Å². The Morgan fingerprint density at radius 3 is 2.67 bits per heavy atom. The first kappa shape index (κ1) is 16.7. The number of halogens is 3. The molecule has 1 atom stereocenters. The maximum atomic E-state index is 12.8. The normalized spacial score (nSPS) is 21.7. The lowest BCUT2D eigenvalue weighted by atomic mass is 9.99. The van der Waals surface area contributed by atoms with Crippen LogP contribution in [0.1, 0.15) is 22.6 Å². The van der Waals surface area contributed by atoms with Gasteiger partial charge in [-0.25, -0.2) is 8.42 Å². The van der Waals surface area contributed by atoms with Crippen LogP contribution in [0.25, 0.3) is 0 Å². The quantitative estimate of drug-likeness (QED) is 0.918. The van der Waals surface area contributed by atoms with Crippen molar-refractivity contribution in [3.8, 4) is 0 Å². The van der Waals surface area contributed by atoms with Gasteiger partial charge >= 0.3 is 6.18 Å². The fraction of sp³-hybridized carbons (Fsp3) is 0.667. The van der Waals surface area contributed by atoms with Crippen molar-refractivity contribution in [3.05, 3.63) is 15.8 Å². The van der Waals surface area contributed by atoms with E-state index in [9.17, 15) is 21.6 Å². The molecule has 120 valence electrons. The van der Waals surface area contributed by atoms with Gasteiger partial charge in [-0.15, -0.1) is 11.3 Å². The zero-order chi connectivity index (χ0) is 15.8. The summed E-state index contributed by atoms with van der Waals surface area (Å²) in [4.78, 5) is 1.34. The monoisotopic (exact) mass is 342 g/mol. The molecular formula is C12H17F3N2O2S2. The SMILES string of the molecule is Cc1sc(CN)cc1S(=O)(=O)N1CCCC(C(F)(F)F)C1. The summed E-state index contributed by atoms with van der Waals surface area (Å²) in [6.45, 7) is 1.48. The molecule has 0 radical (unpaired) electrons. The molecule has 0 aliphatic carbocycles. The third kappa shape index (κ3) is 3.41. The first-order valence-corrected chi connectivity index (χ1v) is 8.78. The number of nitrogens with two attached hydrogens (primary N) is 1. The van der Waals surface area contributed by atoms with Gasteiger partial charge in [0.25, 0.3) is 0 Å². The number of piperidine rings is 1. The highest BCUT2D eigenvalue weighted by Gasteiger charge is 2.44. The van der Waals surface area contributed by atoms with E-state index in [1.165, 1.54) is 17.4 Å². The summed E-state index contributed by atoms with van der Waals surface area (Å²) in [5.41, 5.74) is 5.49. The second-order valence-corrected chi connectivity index (χ2v) is 8.33. The van der Waals surface area contributed by atoms with Gasteiger partial charge in [-0.05, 0) is 25.8 Å². The fourth-order valence-electron chi connectivity index (χ4n) is 2.45. The summed E-state index contributed by atoms with van der Waals surface area (Å²) in [6, 6.07) is 1.46. The zero-order valence-corrected chi connectivity index (χ0v) is 13.1. The van der Waals surface area contributed by atoms with Gasteiger partial charge in [-0.3, -0.25) is 0 Å². The van der Waals surface area contributed by atoms with E-state index < -0.39 is 28.7 Å². The molecule has 1 aliphatic rings. The maximum Gasteiger partial charge on any atom is 0.393 e. The number of rotatable bonds is 3. The van der Waals surface area contributed by atoms with Crippen molar-refractivity contribution >= 4 is 21.4 Å². The first-order valence-electron chi connectivity index (χ1n) is 6.52. The Balaban J connectivity index is 2.28. The standard InChI is InChI=1S/C12H17F3N2O2S2/c1-8-11(5-10(6-16)20-8)21(18,19)17-4-2-3-9(7-17)12(13,14)15/h5,9H,2-4,6-7,16H2,1H3. The van der Waals surface area contributed by atoms with E-state index in [4.69, 9.17) is 5.73 Å². The highest BCUT2D eigenvalue weighted by molar-refractivity contribution is 7.89. The van der Waals surface area contributed by atoms with Crippen molar-refractivity contribution in [3.63, 3.8) is 0 Å². The van der Waals surface area contributed by atoms with Crippen LogP contribution in [0.3, 0.4) is 0 Å². The van der Waals surface area contributed by atoms with E-state index in [-0.39, 0.29) is 30.8 Å². The van der Waals surface area contributed by atoms with E-state index >= 15 is 0 Å². The number of sulfonamides is 1. The molecule has 2 heterocycles. The Morgan fingerprint density at radius 1 is 1.48 bits per heavy atom. The van der Waals surface area contributed by atoms with E-state index in [2.05, 4.69) is 0 Å². The Hall–Kier alpha value is -0.640. The van der Waals surface area contributed by atoms with Crippen molar-refractivity contribution < 1.29 is 21.6 Å². The molecule has 0 amide bonds. The number of nitrogens with zero attached hydrogens (tertiary/aromatic N) is 1. The molecule has 0 saturated carbocycles. The Kier molecular flexibility index (Phi) is 4.67. The smallest absolute Gasteiger partial charge is 0.326 e. The van der Waals surface area contributed by atoms with Gasteiger partial charge in [-0.2, -0.15) is 17.5 Å². The molecule has 1 aromatic rings. The summed E-state index contributed by atoms with van der Waals surface area (Å²) in [6.07, 6.45) is -4.16. The van der Waals surface area contributed by atoms with Gasteiger partial charge in [0.05, 0.1) is 10.8 Å². The van der Waals surface area contributed by atoms with Crippen molar-refractivity contribution in [1.29, 1.82) is 0 Å². The van der Waals surface area contributed by atoms with Crippen LogP contribution < -0.4 is 5.73 Å². The van der Waals surface area contributed by atoms with Crippen LogP contribution in [0.5, 0.6) is 0 Å². The lowest BCUT2D eigenvalue weighted by Crippen LogP contribution is -2.44. The average Bonchev–Trinajstić information content (AvgIpc) is 2.80. The number of thiophene rings is 1. The molecule has 4 nitrogen and oxygen atoms in total. The van der Waals surface area contributed by atoms with Crippen molar-refractivity contribution in [2.45, 2.75) is 37.4 Å². The zero-order valence-electron chi connectivity index (χ0n) is 11.5. The highest BCUT2D eigenvalue weighted by Crippen LogP contribution is 2.36. The molecule has 2 N–H and O–H groups in total. The van der Waals surface area contributed by atoms with Crippen LogP contribution in [0.2, 0.25) is 0 Å². The summed E-state index contributed by atoms with van der Waals surface area (Å²) in [5.74, 6) is -1.59. The molecule has 2 rings (SSSR count). The first-order chi connectivity index (χ1) is 9.66. The lowest BCUT2D eigenvalue weighted by molar-refractivity contribution is -0.182. The highest BCUT2D eigenvalue weighted by atomic mass is 32.2. The number of aryl methyl sites for hydroxylation is 1. The molecule has 21 heavy (non-hydrogen) atoms. The Bertz CT molecular complexity index is 611. The van der Waals surface area contributed by atoms with Crippen LogP contribution in [-0.4, -0.2) is 32.0 Å². The second kappa shape index (κ2) is 5.86. The lowest BCUT2D eigenvalue weighted by Gasteiger charge is -2.32. The van der Waals surface area contributed by atoms with E-state index in [1.807, 2.05) is 0 Å². The topological polar surface area (TPSA) is 63.4 Å². The molecule has 0 bridgehead atoms. The van der Waals surface area contributed by atoms with E-state index in [0.717, 1.165) is 4.31 Å². The van der Waals surface area contributed by atoms with E-state index in [1.54, 1.807) is 6.92 Å². The van der Waals surface area contributed by atoms with Crippen LogP contribution in [-0.2, 0) is 16.6 Å². The molecule has 1 fully saturated rings. The summed E-state index contributed by atoms with van der Waals surface area (Å²) < 4.78 is 64.4. The third-order valence-electron chi connectivity index (χ3n) is 3.59. The van der Waals surface area contributed by atoms with Crippen LogP contribution in [0, 0.1) is 12.8 Å². The minimum Gasteiger partial charge on any atom is -0.326 e. The predicted octanol–water partition coefficient (Wildman–Crippen LogP) is 2.48. The van der Waals surface area contributed by atoms with Gasteiger partial charge in [0, 0.05) is 29.4 Å². The van der Waals surface area contributed by atoms with Crippen LogP contribution >= 0.6 is 11.3 Å².